The first-order valence-corrected chi connectivity index (χ1v) is 8.93. The van der Waals surface area contributed by atoms with E-state index in [2.05, 4.69) is 16.7 Å². The van der Waals surface area contributed by atoms with Crippen molar-refractivity contribution in [2.24, 2.45) is 0 Å². The number of amides is 1. The number of benzene rings is 1. The van der Waals surface area contributed by atoms with Gasteiger partial charge in [0.15, 0.2) is 5.11 Å². The van der Waals surface area contributed by atoms with Gasteiger partial charge in [0, 0.05) is 18.0 Å². The minimum atomic E-state index is -0.0840. The summed E-state index contributed by atoms with van der Waals surface area (Å²) in [6.45, 7) is 0.773. The summed E-state index contributed by atoms with van der Waals surface area (Å²) >= 11 is 11.2. The lowest BCUT2D eigenvalue weighted by atomic mass is 9.97. The van der Waals surface area contributed by atoms with Gasteiger partial charge in [-0.3, -0.25) is 4.79 Å². The first kappa shape index (κ1) is 18.0. The summed E-state index contributed by atoms with van der Waals surface area (Å²) in [6, 6.07) is 7.57. The predicted octanol–water partition coefficient (Wildman–Crippen LogP) is 4.15. The van der Waals surface area contributed by atoms with E-state index in [0.29, 0.717) is 23.0 Å². The summed E-state index contributed by atoms with van der Waals surface area (Å²) < 4.78 is 0. The molecule has 0 aliphatic heterocycles. The smallest absolute Gasteiger partial charge is 0.226 e. The van der Waals surface area contributed by atoms with Crippen molar-refractivity contribution in [3.63, 3.8) is 0 Å². The van der Waals surface area contributed by atoms with Gasteiger partial charge in [-0.05, 0) is 62.4 Å². The first-order valence-electron chi connectivity index (χ1n) is 8.14. The molecule has 2 rings (SSSR count). The lowest BCUT2D eigenvalue weighted by Crippen LogP contribution is -2.39. The maximum Gasteiger partial charge on any atom is 0.226 e. The highest BCUT2D eigenvalue weighted by atomic mass is 35.5. The molecule has 2 N–H and O–H groups in total. The summed E-state index contributed by atoms with van der Waals surface area (Å²) in [5.41, 5.74) is 2.48. The molecule has 1 aromatic carbocycles. The lowest BCUT2D eigenvalue weighted by Gasteiger charge is -2.14. The summed E-state index contributed by atoms with van der Waals surface area (Å²) in [5.74, 6) is -0.0840. The molecule has 1 amide bonds. The quantitative estimate of drug-likeness (QED) is 0.598. The molecule has 0 fully saturated rings. The van der Waals surface area contributed by atoms with Gasteiger partial charge in [-0.25, -0.2) is 0 Å². The van der Waals surface area contributed by atoms with E-state index in [4.69, 9.17) is 23.8 Å². The zero-order chi connectivity index (χ0) is 16.5. The van der Waals surface area contributed by atoms with E-state index in [1.807, 2.05) is 24.3 Å². The highest BCUT2D eigenvalue weighted by Crippen LogP contribution is 2.19. The number of allylic oxidation sites excluding steroid dienone is 1. The molecule has 0 unspecified atom stereocenters. The zero-order valence-corrected chi connectivity index (χ0v) is 14.8. The van der Waals surface area contributed by atoms with Crippen LogP contribution in [-0.4, -0.2) is 17.6 Å². The Morgan fingerprint density at radius 1 is 1.22 bits per heavy atom. The van der Waals surface area contributed by atoms with Crippen LogP contribution in [0.2, 0.25) is 5.02 Å². The van der Waals surface area contributed by atoms with E-state index < -0.39 is 0 Å². The molecule has 0 aromatic heterocycles. The van der Waals surface area contributed by atoms with Crippen LogP contribution in [-0.2, 0) is 11.2 Å². The number of hydrogen-bond acceptors (Lipinski definition) is 2. The Morgan fingerprint density at radius 3 is 2.78 bits per heavy atom. The van der Waals surface area contributed by atoms with E-state index in [0.717, 1.165) is 18.5 Å². The molecule has 0 heterocycles. The van der Waals surface area contributed by atoms with Crippen LogP contribution in [0.5, 0.6) is 0 Å². The molecule has 0 spiro atoms. The number of carbonyl (C=O) groups is 1. The number of halogens is 1. The van der Waals surface area contributed by atoms with Crippen LogP contribution < -0.4 is 10.6 Å². The van der Waals surface area contributed by atoms with Crippen molar-refractivity contribution in [2.45, 2.75) is 44.9 Å². The van der Waals surface area contributed by atoms with E-state index in [1.54, 1.807) is 0 Å². The minimum absolute atomic E-state index is 0.0840. The second-order valence-corrected chi connectivity index (χ2v) is 6.57. The Balaban J connectivity index is 1.63. The third kappa shape index (κ3) is 6.71. The molecule has 0 radical (unpaired) electrons. The fraction of sp³-hybridized carbons (Fsp3) is 0.444. The number of rotatable bonds is 6. The van der Waals surface area contributed by atoms with Crippen molar-refractivity contribution in [1.29, 1.82) is 0 Å². The van der Waals surface area contributed by atoms with Crippen molar-refractivity contribution in [3.05, 3.63) is 46.5 Å². The summed E-state index contributed by atoms with van der Waals surface area (Å²) in [7, 11) is 0. The van der Waals surface area contributed by atoms with Crippen molar-refractivity contribution >= 4 is 34.8 Å². The van der Waals surface area contributed by atoms with Crippen LogP contribution in [0.3, 0.4) is 0 Å². The van der Waals surface area contributed by atoms with Crippen molar-refractivity contribution in [1.82, 2.24) is 10.6 Å². The molecule has 3 nitrogen and oxygen atoms in total. The minimum Gasteiger partial charge on any atom is -0.362 e. The van der Waals surface area contributed by atoms with Crippen LogP contribution >= 0.6 is 23.8 Å². The summed E-state index contributed by atoms with van der Waals surface area (Å²) in [5, 5.41) is 6.93. The lowest BCUT2D eigenvalue weighted by molar-refractivity contribution is -0.119. The highest BCUT2D eigenvalue weighted by Gasteiger charge is 2.07. The Kier molecular flexibility index (Phi) is 7.56. The van der Waals surface area contributed by atoms with Gasteiger partial charge in [-0.2, -0.15) is 0 Å². The van der Waals surface area contributed by atoms with Crippen LogP contribution in [0.15, 0.2) is 35.9 Å². The molecule has 1 aliphatic rings. The summed E-state index contributed by atoms with van der Waals surface area (Å²) in [4.78, 5) is 11.9. The Labute approximate surface area is 148 Å². The van der Waals surface area contributed by atoms with Crippen LogP contribution in [0, 0.1) is 0 Å². The van der Waals surface area contributed by atoms with Crippen LogP contribution in [0.1, 0.15) is 44.1 Å². The molecular formula is C18H23ClN2OS. The summed E-state index contributed by atoms with van der Waals surface area (Å²) in [6.07, 6.45) is 9.28. The van der Waals surface area contributed by atoms with Gasteiger partial charge in [-0.1, -0.05) is 41.4 Å². The molecule has 0 saturated heterocycles. The fourth-order valence-electron chi connectivity index (χ4n) is 2.65. The van der Waals surface area contributed by atoms with E-state index in [-0.39, 0.29) is 5.91 Å². The fourth-order valence-corrected chi connectivity index (χ4v) is 3.10. The van der Waals surface area contributed by atoms with Crippen molar-refractivity contribution < 1.29 is 4.79 Å². The number of hydrogen-bond donors (Lipinski definition) is 2. The van der Waals surface area contributed by atoms with Crippen molar-refractivity contribution in [2.75, 3.05) is 6.54 Å². The second-order valence-electron chi connectivity index (χ2n) is 5.75. The van der Waals surface area contributed by atoms with Gasteiger partial charge in [0.2, 0.25) is 5.91 Å². The van der Waals surface area contributed by atoms with Gasteiger partial charge >= 0.3 is 0 Å². The second kappa shape index (κ2) is 9.68. The van der Waals surface area contributed by atoms with Gasteiger partial charge in [0.1, 0.15) is 0 Å². The molecule has 0 atom stereocenters. The SMILES string of the molecule is O=C(CCc1ccccc1Cl)NC(=S)NCCC1=CCCCC1. The normalized spacial score (nSPS) is 14.0. The molecule has 0 bridgehead atoms. The van der Waals surface area contributed by atoms with Gasteiger partial charge in [0.05, 0.1) is 0 Å². The Morgan fingerprint density at radius 2 is 2.04 bits per heavy atom. The largest absolute Gasteiger partial charge is 0.362 e. The van der Waals surface area contributed by atoms with E-state index in [9.17, 15) is 4.79 Å². The number of carbonyl (C=O) groups excluding carboxylic acids is 1. The molecule has 1 aliphatic carbocycles. The maximum atomic E-state index is 11.9. The van der Waals surface area contributed by atoms with E-state index in [1.165, 1.54) is 31.3 Å². The Bertz CT molecular complexity index is 586. The monoisotopic (exact) mass is 350 g/mol. The predicted molar refractivity (Wildman–Crippen MR) is 99.7 cm³/mol. The third-order valence-corrected chi connectivity index (χ3v) is 4.56. The Hall–Kier alpha value is -1.39. The molecule has 124 valence electrons. The van der Waals surface area contributed by atoms with E-state index >= 15 is 0 Å². The highest BCUT2D eigenvalue weighted by molar-refractivity contribution is 7.80. The van der Waals surface area contributed by atoms with Crippen LogP contribution in [0.4, 0.5) is 0 Å². The number of aryl methyl sites for hydroxylation is 1. The molecule has 0 saturated carbocycles. The van der Waals surface area contributed by atoms with Crippen molar-refractivity contribution in [3.8, 4) is 0 Å². The topological polar surface area (TPSA) is 41.1 Å². The maximum absolute atomic E-state index is 11.9. The third-order valence-electron chi connectivity index (χ3n) is 3.95. The standard InChI is InChI=1S/C18H23ClN2OS/c19-16-9-5-4-8-15(16)10-11-17(22)21-18(23)20-13-12-14-6-2-1-3-7-14/h4-6,8-9H,1-3,7,10-13H2,(H2,20,21,22,23). The first-order chi connectivity index (χ1) is 11.1. The zero-order valence-electron chi connectivity index (χ0n) is 13.2. The molecule has 1 aromatic rings. The van der Waals surface area contributed by atoms with Gasteiger partial charge < -0.3 is 10.6 Å². The molecule has 23 heavy (non-hydrogen) atoms. The number of nitrogens with one attached hydrogen (secondary N) is 2. The van der Waals surface area contributed by atoms with Gasteiger partial charge in [0.25, 0.3) is 0 Å². The molecular weight excluding hydrogens is 328 g/mol. The van der Waals surface area contributed by atoms with Crippen LogP contribution in [0.25, 0.3) is 0 Å². The average Bonchev–Trinajstić information content (AvgIpc) is 2.55. The van der Waals surface area contributed by atoms with Gasteiger partial charge in [-0.15, -0.1) is 0 Å². The molecule has 5 heteroatoms. The number of thiocarbonyl (C=S) groups is 1. The average molecular weight is 351 g/mol.